The molecule has 2 N–H and O–H groups in total. The van der Waals surface area contributed by atoms with Crippen LogP contribution in [0.1, 0.15) is 27.2 Å². The van der Waals surface area contributed by atoms with Crippen LogP contribution < -0.4 is 10.6 Å². The monoisotopic (exact) mass is 315 g/mol. The summed E-state index contributed by atoms with van der Waals surface area (Å²) in [6.45, 7) is 6.76. The molecular formula is C14H23F2N5O. The number of carbonyl (C=O) groups excluding carboxylic acids is 1. The number of halogens is 2. The number of hydrogen-bond acceptors (Lipinski definition) is 3. The van der Waals surface area contributed by atoms with Gasteiger partial charge in [0.1, 0.15) is 5.82 Å². The summed E-state index contributed by atoms with van der Waals surface area (Å²) < 4.78 is 26.4. The molecule has 2 heterocycles. The molecule has 1 aromatic heterocycles. The van der Waals surface area contributed by atoms with Gasteiger partial charge in [-0.1, -0.05) is 0 Å². The lowest BCUT2D eigenvalue weighted by molar-refractivity contribution is 0.0988. The molecule has 1 aliphatic heterocycles. The third-order valence-corrected chi connectivity index (χ3v) is 3.52. The van der Waals surface area contributed by atoms with E-state index in [4.69, 9.17) is 0 Å². The Hall–Kier alpha value is -1.70. The molecule has 0 bridgehead atoms. The van der Waals surface area contributed by atoms with E-state index in [-0.39, 0.29) is 24.2 Å². The molecule has 0 aliphatic carbocycles. The molecule has 1 saturated heterocycles. The number of amides is 2. The number of aromatic nitrogens is 2. The smallest absolute Gasteiger partial charge is 0.320 e. The molecular weight excluding hydrogens is 292 g/mol. The van der Waals surface area contributed by atoms with Crippen LogP contribution in [0, 0.1) is 0 Å². The van der Waals surface area contributed by atoms with Gasteiger partial charge in [0.05, 0.1) is 18.3 Å². The predicted octanol–water partition coefficient (Wildman–Crippen LogP) is 2.10. The Balaban J connectivity index is 1.86. The molecule has 0 aromatic carbocycles. The molecule has 1 unspecified atom stereocenters. The Bertz CT molecular complexity index is 512. The van der Waals surface area contributed by atoms with Crippen LogP contribution in [0.25, 0.3) is 0 Å². The summed E-state index contributed by atoms with van der Waals surface area (Å²) in [4.78, 5) is 13.7. The third kappa shape index (κ3) is 4.40. The van der Waals surface area contributed by atoms with Gasteiger partial charge in [-0.05, 0) is 27.2 Å². The highest BCUT2D eigenvalue weighted by molar-refractivity contribution is 5.88. The van der Waals surface area contributed by atoms with Gasteiger partial charge in [-0.15, -0.1) is 0 Å². The average molecular weight is 315 g/mol. The molecule has 6 nitrogen and oxygen atoms in total. The van der Waals surface area contributed by atoms with E-state index in [1.165, 1.54) is 0 Å². The van der Waals surface area contributed by atoms with Crippen molar-refractivity contribution in [2.24, 2.45) is 0 Å². The van der Waals surface area contributed by atoms with E-state index >= 15 is 0 Å². The average Bonchev–Trinajstić information content (AvgIpc) is 2.97. The largest absolute Gasteiger partial charge is 0.334 e. The van der Waals surface area contributed by atoms with Gasteiger partial charge in [0, 0.05) is 25.2 Å². The van der Waals surface area contributed by atoms with Crippen molar-refractivity contribution in [2.75, 3.05) is 25.0 Å². The Morgan fingerprint density at radius 1 is 1.50 bits per heavy atom. The van der Waals surface area contributed by atoms with Gasteiger partial charge in [-0.3, -0.25) is 10.2 Å². The molecule has 2 amide bonds. The van der Waals surface area contributed by atoms with E-state index in [1.807, 2.05) is 20.8 Å². The number of urea groups is 1. The van der Waals surface area contributed by atoms with Gasteiger partial charge >= 0.3 is 6.03 Å². The third-order valence-electron chi connectivity index (χ3n) is 3.52. The lowest BCUT2D eigenvalue weighted by Crippen LogP contribution is -2.41. The molecule has 1 aliphatic rings. The molecule has 8 heteroatoms. The maximum absolute atomic E-state index is 12.3. The first-order valence-electron chi connectivity index (χ1n) is 7.38. The predicted molar refractivity (Wildman–Crippen MR) is 80.2 cm³/mol. The SMILES string of the molecule is CC(C)(C)n1nccc1NC(=O)NC1CCN(CC(F)F)C1. The Kier molecular flexibility index (Phi) is 5.00. The molecule has 1 aromatic rings. The van der Waals surface area contributed by atoms with E-state index in [0.29, 0.717) is 25.3 Å². The summed E-state index contributed by atoms with van der Waals surface area (Å²) in [5.41, 5.74) is -0.243. The fourth-order valence-electron chi connectivity index (χ4n) is 2.58. The number of nitrogens with one attached hydrogen (secondary N) is 2. The van der Waals surface area contributed by atoms with Gasteiger partial charge in [-0.2, -0.15) is 5.10 Å². The highest BCUT2D eigenvalue weighted by Gasteiger charge is 2.26. The highest BCUT2D eigenvalue weighted by Crippen LogP contribution is 2.19. The number of alkyl halides is 2. The summed E-state index contributed by atoms with van der Waals surface area (Å²) in [7, 11) is 0. The molecule has 0 spiro atoms. The standard InChI is InChI=1S/C14H23F2N5O/c1-14(2,3)21-12(4-6-17-21)19-13(22)18-10-5-7-20(8-10)9-11(15)16/h4,6,10-11H,5,7-9H2,1-3H3,(H2,18,19,22). The molecule has 124 valence electrons. The maximum Gasteiger partial charge on any atom is 0.320 e. The van der Waals surface area contributed by atoms with Gasteiger partial charge in [0.25, 0.3) is 6.43 Å². The fourth-order valence-corrected chi connectivity index (χ4v) is 2.58. The first-order valence-corrected chi connectivity index (χ1v) is 7.38. The molecule has 0 saturated carbocycles. The first kappa shape index (κ1) is 16.7. The van der Waals surface area contributed by atoms with Crippen molar-refractivity contribution < 1.29 is 13.6 Å². The van der Waals surface area contributed by atoms with Crippen molar-refractivity contribution in [3.05, 3.63) is 12.3 Å². The maximum atomic E-state index is 12.3. The van der Waals surface area contributed by atoms with Crippen LogP contribution in [0.3, 0.4) is 0 Å². The van der Waals surface area contributed by atoms with E-state index in [0.717, 1.165) is 0 Å². The minimum absolute atomic E-state index is 0.107. The quantitative estimate of drug-likeness (QED) is 0.894. The van der Waals surface area contributed by atoms with Gasteiger partial charge in [-0.25, -0.2) is 18.3 Å². The van der Waals surface area contributed by atoms with Crippen LogP contribution in [-0.2, 0) is 5.54 Å². The second kappa shape index (κ2) is 6.60. The van der Waals surface area contributed by atoms with E-state index in [1.54, 1.807) is 21.8 Å². The molecule has 2 rings (SSSR count). The minimum atomic E-state index is -2.34. The van der Waals surface area contributed by atoms with Crippen molar-refractivity contribution in [3.8, 4) is 0 Å². The van der Waals surface area contributed by atoms with Gasteiger partial charge < -0.3 is 5.32 Å². The zero-order valence-electron chi connectivity index (χ0n) is 13.1. The van der Waals surface area contributed by atoms with Crippen LogP contribution in [0.15, 0.2) is 12.3 Å². The summed E-state index contributed by atoms with van der Waals surface area (Å²) >= 11 is 0. The number of likely N-dealkylation sites (tertiary alicyclic amines) is 1. The van der Waals surface area contributed by atoms with Crippen molar-refractivity contribution >= 4 is 11.8 Å². The normalized spacial score (nSPS) is 19.6. The zero-order valence-corrected chi connectivity index (χ0v) is 13.1. The number of anilines is 1. The van der Waals surface area contributed by atoms with Crippen molar-refractivity contribution in [1.29, 1.82) is 0 Å². The van der Waals surface area contributed by atoms with Crippen LogP contribution in [0.5, 0.6) is 0 Å². The van der Waals surface area contributed by atoms with Crippen LogP contribution in [0.2, 0.25) is 0 Å². The van der Waals surface area contributed by atoms with Crippen molar-refractivity contribution in [2.45, 2.75) is 45.2 Å². The molecule has 22 heavy (non-hydrogen) atoms. The molecule has 1 atom stereocenters. The van der Waals surface area contributed by atoms with Crippen molar-refractivity contribution in [1.82, 2.24) is 20.0 Å². The summed E-state index contributed by atoms with van der Waals surface area (Å²) in [6.07, 6.45) is -0.0341. The Labute approximate surface area is 128 Å². The highest BCUT2D eigenvalue weighted by atomic mass is 19.3. The zero-order chi connectivity index (χ0) is 16.3. The van der Waals surface area contributed by atoms with Crippen molar-refractivity contribution in [3.63, 3.8) is 0 Å². The first-order chi connectivity index (χ1) is 10.3. The topological polar surface area (TPSA) is 62.2 Å². The van der Waals surface area contributed by atoms with Crippen LogP contribution in [0.4, 0.5) is 19.4 Å². The fraction of sp³-hybridized carbons (Fsp3) is 0.714. The van der Waals surface area contributed by atoms with Gasteiger partial charge in [0.2, 0.25) is 0 Å². The summed E-state index contributed by atoms with van der Waals surface area (Å²) in [5.74, 6) is 0.604. The Morgan fingerprint density at radius 3 is 2.86 bits per heavy atom. The van der Waals surface area contributed by atoms with E-state index < -0.39 is 6.43 Å². The number of carbonyl (C=O) groups is 1. The lowest BCUT2D eigenvalue weighted by Gasteiger charge is -2.23. The molecule has 1 fully saturated rings. The summed E-state index contributed by atoms with van der Waals surface area (Å²) in [6, 6.07) is 1.28. The van der Waals surface area contributed by atoms with E-state index in [2.05, 4.69) is 15.7 Å². The minimum Gasteiger partial charge on any atom is -0.334 e. The second-order valence-electron chi connectivity index (χ2n) is 6.53. The number of nitrogens with zero attached hydrogens (tertiary/aromatic N) is 3. The van der Waals surface area contributed by atoms with Gasteiger partial charge in [0.15, 0.2) is 0 Å². The van der Waals surface area contributed by atoms with Crippen LogP contribution in [-0.4, -0.2) is 52.8 Å². The summed E-state index contributed by atoms with van der Waals surface area (Å²) in [5, 5.41) is 9.78. The number of hydrogen-bond donors (Lipinski definition) is 2. The van der Waals surface area contributed by atoms with E-state index in [9.17, 15) is 13.6 Å². The number of rotatable bonds is 4. The lowest BCUT2D eigenvalue weighted by atomic mass is 10.1. The Morgan fingerprint density at radius 2 is 2.23 bits per heavy atom. The molecule has 0 radical (unpaired) electrons. The second-order valence-corrected chi connectivity index (χ2v) is 6.53. The van der Waals surface area contributed by atoms with Crippen LogP contribution >= 0.6 is 0 Å².